The second-order valence-electron chi connectivity index (χ2n) is 6.86. The van der Waals surface area contributed by atoms with Crippen LogP contribution in [0.5, 0.6) is 5.75 Å². The molecule has 1 aliphatic rings. The molecule has 3 rings (SSSR count). The number of anilines is 1. The van der Waals surface area contributed by atoms with Crippen molar-refractivity contribution in [1.82, 2.24) is 0 Å². The first-order valence-corrected chi connectivity index (χ1v) is 10.8. The molecule has 6 heteroatoms. The van der Waals surface area contributed by atoms with E-state index in [1.165, 1.54) is 17.8 Å². The van der Waals surface area contributed by atoms with Crippen LogP contribution in [0.15, 0.2) is 29.6 Å². The molecule has 1 aromatic heterocycles. The van der Waals surface area contributed by atoms with Crippen LogP contribution >= 0.6 is 11.3 Å². The van der Waals surface area contributed by atoms with Gasteiger partial charge < -0.3 is 14.8 Å². The van der Waals surface area contributed by atoms with Gasteiger partial charge in [0.2, 0.25) is 5.91 Å². The summed E-state index contributed by atoms with van der Waals surface area (Å²) >= 11 is 1.37. The van der Waals surface area contributed by atoms with Crippen LogP contribution in [0.4, 0.5) is 5.00 Å². The molecule has 1 amide bonds. The van der Waals surface area contributed by atoms with Gasteiger partial charge in [-0.1, -0.05) is 31.4 Å². The Morgan fingerprint density at radius 1 is 1.07 bits per heavy atom. The second kappa shape index (κ2) is 9.73. The normalized spacial score (nSPS) is 14.5. The van der Waals surface area contributed by atoms with Crippen LogP contribution in [0.25, 0.3) is 11.1 Å². The van der Waals surface area contributed by atoms with E-state index < -0.39 is 5.97 Å². The summed E-state index contributed by atoms with van der Waals surface area (Å²) in [5.41, 5.74) is 2.09. The zero-order chi connectivity index (χ0) is 19.9. The van der Waals surface area contributed by atoms with Gasteiger partial charge in [0.05, 0.1) is 13.2 Å². The van der Waals surface area contributed by atoms with Gasteiger partial charge in [-0.3, -0.25) is 4.79 Å². The highest BCUT2D eigenvalue weighted by Gasteiger charge is 2.26. The molecular weight excluding hydrogens is 374 g/mol. The van der Waals surface area contributed by atoms with Crippen molar-refractivity contribution in [3.05, 3.63) is 35.2 Å². The average Bonchev–Trinajstić information content (AvgIpc) is 3.13. The second-order valence-corrected chi connectivity index (χ2v) is 7.74. The Balaban J connectivity index is 1.88. The molecule has 1 N–H and O–H groups in total. The molecule has 0 aliphatic heterocycles. The first kappa shape index (κ1) is 20.4. The maximum absolute atomic E-state index is 12.7. The molecule has 1 saturated carbocycles. The number of carbonyl (C=O) groups is 2. The van der Waals surface area contributed by atoms with Gasteiger partial charge in [-0.15, -0.1) is 11.3 Å². The molecule has 0 bridgehead atoms. The lowest BCUT2D eigenvalue weighted by molar-refractivity contribution is -0.120. The van der Waals surface area contributed by atoms with E-state index in [9.17, 15) is 9.59 Å². The van der Waals surface area contributed by atoms with E-state index in [-0.39, 0.29) is 18.4 Å². The number of nitrogens with one attached hydrogen (secondary N) is 1. The van der Waals surface area contributed by atoms with E-state index in [1.807, 2.05) is 36.6 Å². The molecule has 1 aromatic carbocycles. The lowest BCUT2D eigenvalue weighted by Gasteiger charge is -2.20. The van der Waals surface area contributed by atoms with Crippen molar-refractivity contribution >= 4 is 28.2 Å². The summed E-state index contributed by atoms with van der Waals surface area (Å²) in [7, 11) is 0. The van der Waals surface area contributed by atoms with Crippen molar-refractivity contribution in [3.8, 4) is 16.9 Å². The first-order chi connectivity index (χ1) is 13.6. The Kier molecular flexibility index (Phi) is 7.09. The van der Waals surface area contributed by atoms with Gasteiger partial charge in [0.1, 0.15) is 16.3 Å². The van der Waals surface area contributed by atoms with Gasteiger partial charge in [-0.05, 0) is 44.4 Å². The lowest BCUT2D eigenvalue weighted by Crippen LogP contribution is -2.25. The quantitative estimate of drug-likeness (QED) is 0.621. The van der Waals surface area contributed by atoms with E-state index >= 15 is 0 Å². The number of hydrogen-bond donors (Lipinski definition) is 1. The number of hydrogen-bond acceptors (Lipinski definition) is 5. The van der Waals surface area contributed by atoms with Gasteiger partial charge >= 0.3 is 5.97 Å². The molecule has 0 atom stereocenters. The molecule has 2 aromatic rings. The third-order valence-electron chi connectivity index (χ3n) is 4.96. The summed E-state index contributed by atoms with van der Waals surface area (Å²) in [5, 5.41) is 5.46. The largest absolute Gasteiger partial charge is 0.494 e. The van der Waals surface area contributed by atoms with Gasteiger partial charge in [-0.25, -0.2) is 4.79 Å². The topological polar surface area (TPSA) is 64.6 Å². The van der Waals surface area contributed by atoms with Crippen molar-refractivity contribution in [2.45, 2.75) is 46.0 Å². The minimum atomic E-state index is -0.411. The van der Waals surface area contributed by atoms with Gasteiger partial charge in [0, 0.05) is 16.9 Å². The highest BCUT2D eigenvalue weighted by Crippen LogP contribution is 2.37. The molecule has 1 fully saturated rings. The summed E-state index contributed by atoms with van der Waals surface area (Å²) < 4.78 is 10.8. The highest BCUT2D eigenvalue weighted by atomic mass is 32.1. The van der Waals surface area contributed by atoms with Crippen molar-refractivity contribution in [3.63, 3.8) is 0 Å². The molecule has 28 heavy (non-hydrogen) atoms. The van der Waals surface area contributed by atoms with Crippen LogP contribution in [0.3, 0.4) is 0 Å². The number of thiophene rings is 1. The summed E-state index contributed by atoms with van der Waals surface area (Å²) in [6, 6.07) is 7.60. The molecular formula is C22H27NO4S. The van der Waals surface area contributed by atoms with Crippen molar-refractivity contribution < 1.29 is 19.1 Å². The monoisotopic (exact) mass is 401 g/mol. The standard InChI is InChI=1S/C22H27NO4S/c1-3-26-17-12-10-15(11-13-17)18-14-28-21(19(18)22(25)27-4-2)23-20(24)16-8-6-5-7-9-16/h10-14,16H,3-9H2,1-2H3,(H,23,24). The Bertz CT molecular complexity index is 806. The minimum Gasteiger partial charge on any atom is -0.494 e. The van der Waals surface area contributed by atoms with Crippen molar-refractivity contribution in [2.24, 2.45) is 5.92 Å². The number of amides is 1. The third-order valence-corrected chi connectivity index (χ3v) is 5.86. The average molecular weight is 402 g/mol. The third kappa shape index (κ3) is 4.73. The van der Waals surface area contributed by atoms with Crippen LogP contribution < -0.4 is 10.1 Å². The zero-order valence-corrected chi connectivity index (χ0v) is 17.3. The predicted molar refractivity (Wildman–Crippen MR) is 112 cm³/mol. The van der Waals surface area contributed by atoms with E-state index in [0.717, 1.165) is 42.6 Å². The molecule has 5 nitrogen and oxygen atoms in total. The zero-order valence-electron chi connectivity index (χ0n) is 16.5. The smallest absolute Gasteiger partial charge is 0.341 e. The Morgan fingerprint density at radius 2 is 1.79 bits per heavy atom. The fourth-order valence-electron chi connectivity index (χ4n) is 3.54. The van der Waals surface area contributed by atoms with Crippen LogP contribution in [0.1, 0.15) is 56.3 Å². The SMILES string of the molecule is CCOC(=O)c1c(-c2ccc(OCC)cc2)csc1NC(=O)C1CCCCC1. The molecule has 0 unspecified atom stereocenters. The van der Waals surface area contributed by atoms with E-state index in [0.29, 0.717) is 17.2 Å². The Hall–Kier alpha value is -2.34. The Labute approximate surface area is 170 Å². The molecule has 1 heterocycles. The molecule has 0 saturated heterocycles. The fourth-order valence-corrected chi connectivity index (χ4v) is 4.50. The predicted octanol–water partition coefficient (Wildman–Crippen LogP) is 5.51. The summed E-state index contributed by atoms with van der Waals surface area (Å²) in [6.07, 6.45) is 5.20. The minimum absolute atomic E-state index is 0.00495. The Morgan fingerprint density at radius 3 is 2.43 bits per heavy atom. The highest BCUT2D eigenvalue weighted by molar-refractivity contribution is 7.15. The lowest BCUT2D eigenvalue weighted by atomic mass is 9.88. The summed E-state index contributed by atoms with van der Waals surface area (Å²) in [6.45, 7) is 4.60. The van der Waals surface area contributed by atoms with Crippen LogP contribution in [-0.2, 0) is 9.53 Å². The van der Waals surface area contributed by atoms with Crippen LogP contribution in [0.2, 0.25) is 0 Å². The number of benzene rings is 1. The van der Waals surface area contributed by atoms with Gasteiger partial charge in [0.15, 0.2) is 0 Å². The van der Waals surface area contributed by atoms with Crippen molar-refractivity contribution in [2.75, 3.05) is 18.5 Å². The molecule has 150 valence electrons. The maximum atomic E-state index is 12.7. The number of ether oxygens (including phenoxy) is 2. The van der Waals surface area contributed by atoms with E-state index in [4.69, 9.17) is 9.47 Å². The molecule has 1 aliphatic carbocycles. The van der Waals surface area contributed by atoms with Crippen molar-refractivity contribution in [1.29, 1.82) is 0 Å². The van der Waals surface area contributed by atoms with Crippen LogP contribution in [-0.4, -0.2) is 25.1 Å². The van der Waals surface area contributed by atoms with Gasteiger partial charge in [0.25, 0.3) is 0 Å². The number of esters is 1. The molecule has 0 radical (unpaired) electrons. The fraction of sp³-hybridized carbons (Fsp3) is 0.455. The first-order valence-electron chi connectivity index (χ1n) is 9.96. The van der Waals surface area contributed by atoms with E-state index in [2.05, 4.69) is 5.32 Å². The molecule has 0 spiro atoms. The maximum Gasteiger partial charge on any atom is 0.341 e. The van der Waals surface area contributed by atoms with E-state index in [1.54, 1.807) is 6.92 Å². The van der Waals surface area contributed by atoms with Crippen LogP contribution in [0, 0.1) is 5.92 Å². The van der Waals surface area contributed by atoms with Gasteiger partial charge in [-0.2, -0.15) is 0 Å². The summed E-state index contributed by atoms with van der Waals surface area (Å²) in [5.74, 6) is 0.404. The number of rotatable bonds is 7. The number of carbonyl (C=O) groups excluding carboxylic acids is 2. The summed E-state index contributed by atoms with van der Waals surface area (Å²) in [4.78, 5) is 25.3.